The number of aliphatic hydroxyl groups is 5. The van der Waals surface area contributed by atoms with Gasteiger partial charge in [0, 0.05) is 4.92 Å². The average molecular weight is 365 g/mol. The van der Waals surface area contributed by atoms with Gasteiger partial charge in [0.25, 0.3) is 0 Å². The Hall–Kier alpha value is -0.883. The monoisotopic (exact) mass is 365 g/mol. The van der Waals surface area contributed by atoms with Crippen molar-refractivity contribution in [3.63, 3.8) is 0 Å². The molecule has 0 saturated carbocycles. The fourth-order valence-electron chi connectivity index (χ4n) is 2.79. The fraction of sp³-hybridized carbons (Fsp3) is 0.857. The van der Waals surface area contributed by atoms with Crippen LogP contribution in [0.15, 0.2) is 12.2 Å². The first kappa shape index (κ1) is 21.2. The molecule has 0 spiro atoms. The SMILES string of the molecule is C[Si](C)(C)O[C@H]1C=CC[C@@H](C(O)[C@@H](O)[C@@H](O)[C@H](O)CO)[C@@H]1[N+](=O)[O-]. The van der Waals surface area contributed by atoms with Gasteiger partial charge in [0.2, 0.25) is 6.04 Å². The van der Waals surface area contributed by atoms with Crippen molar-refractivity contribution in [1.82, 2.24) is 0 Å². The maximum atomic E-state index is 11.5. The van der Waals surface area contributed by atoms with E-state index in [-0.39, 0.29) is 6.42 Å². The van der Waals surface area contributed by atoms with Gasteiger partial charge in [-0.25, -0.2) is 0 Å². The van der Waals surface area contributed by atoms with Crippen LogP contribution >= 0.6 is 0 Å². The van der Waals surface area contributed by atoms with Crippen molar-refractivity contribution in [1.29, 1.82) is 0 Å². The van der Waals surface area contributed by atoms with Crippen LogP contribution in [0.5, 0.6) is 0 Å². The molecule has 9 nitrogen and oxygen atoms in total. The van der Waals surface area contributed by atoms with Crippen molar-refractivity contribution in [3.8, 4) is 0 Å². The highest BCUT2D eigenvalue weighted by atomic mass is 28.4. The molecule has 0 saturated heterocycles. The van der Waals surface area contributed by atoms with Crippen molar-refractivity contribution in [2.75, 3.05) is 6.61 Å². The van der Waals surface area contributed by atoms with E-state index in [1.165, 1.54) is 0 Å². The Kier molecular flexibility index (Phi) is 7.47. The summed E-state index contributed by atoms with van der Waals surface area (Å²) < 4.78 is 5.81. The Morgan fingerprint density at radius 3 is 2.29 bits per heavy atom. The Labute approximate surface area is 141 Å². The maximum Gasteiger partial charge on any atom is 0.246 e. The lowest BCUT2D eigenvalue weighted by Crippen LogP contribution is -2.55. The maximum absolute atomic E-state index is 11.5. The van der Waals surface area contributed by atoms with Gasteiger partial charge in [0.15, 0.2) is 8.32 Å². The second-order valence-corrected chi connectivity index (χ2v) is 11.5. The van der Waals surface area contributed by atoms with E-state index < -0.39 is 62.3 Å². The smallest absolute Gasteiger partial charge is 0.246 e. The highest BCUT2D eigenvalue weighted by molar-refractivity contribution is 6.69. The van der Waals surface area contributed by atoms with E-state index in [1.807, 2.05) is 19.6 Å². The lowest BCUT2D eigenvalue weighted by atomic mass is 9.80. The molecule has 24 heavy (non-hydrogen) atoms. The van der Waals surface area contributed by atoms with Gasteiger partial charge in [0.05, 0.1) is 18.6 Å². The third kappa shape index (κ3) is 5.31. The number of hydrogen-bond acceptors (Lipinski definition) is 8. The first-order valence-electron chi connectivity index (χ1n) is 7.80. The van der Waals surface area contributed by atoms with E-state index in [4.69, 9.17) is 9.53 Å². The third-order valence-corrected chi connectivity index (χ3v) is 4.94. The van der Waals surface area contributed by atoms with E-state index in [9.17, 15) is 30.5 Å². The molecule has 5 N–H and O–H groups in total. The lowest BCUT2D eigenvalue weighted by molar-refractivity contribution is -0.544. The topological polar surface area (TPSA) is 154 Å². The highest BCUT2D eigenvalue weighted by Gasteiger charge is 2.48. The van der Waals surface area contributed by atoms with Crippen LogP contribution in [-0.2, 0) is 4.43 Å². The molecule has 0 bridgehead atoms. The van der Waals surface area contributed by atoms with E-state index in [1.54, 1.807) is 12.2 Å². The summed E-state index contributed by atoms with van der Waals surface area (Å²) in [5.74, 6) is -0.998. The zero-order valence-corrected chi connectivity index (χ0v) is 15.0. The van der Waals surface area contributed by atoms with Gasteiger partial charge >= 0.3 is 0 Å². The highest BCUT2D eigenvalue weighted by Crippen LogP contribution is 2.30. The summed E-state index contributed by atoms with van der Waals surface area (Å²) in [6.07, 6.45) is -4.46. The van der Waals surface area contributed by atoms with Crippen LogP contribution in [0, 0.1) is 16.0 Å². The number of aliphatic hydroxyl groups excluding tert-OH is 5. The zero-order valence-electron chi connectivity index (χ0n) is 14.0. The first-order valence-corrected chi connectivity index (χ1v) is 11.2. The second kappa shape index (κ2) is 8.47. The minimum atomic E-state index is -2.09. The predicted molar refractivity (Wildman–Crippen MR) is 87.4 cm³/mol. The van der Waals surface area contributed by atoms with E-state index in [0.717, 1.165) is 0 Å². The number of hydrogen-bond donors (Lipinski definition) is 5. The summed E-state index contributed by atoms with van der Waals surface area (Å²) >= 11 is 0. The van der Waals surface area contributed by atoms with Crippen molar-refractivity contribution in [2.24, 2.45) is 5.92 Å². The molecule has 0 aromatic heterocycles. The molecule has 1 aliphatic carbocycles. The van der Waals surface area contributed by atoms with Gasteiger partial charge in [-0.2, -0.15) is 0 Å². The minimum absolute atomic E-state index is 0.122. The molecular formula is C14H27NO8Si. The standard InChI is InChI=1S/C14H27NO8Si/c1-24(2,3)23-10-6-4-5-8(11(10)15(21)22)12(18)14(20)13(19)9(17)7-16/h4,6,8-14,16-20H,5,7H2,1-3H3/t8-,9-,10+,11+,12?,13+,14-/m1/s1. The summed E-state index contributed by atoms with van der Waals surface area (Å²) in [4.78, 5) is 11.0. The van der Waals surface area contributed by atoms with Gasteiger partial charge in [-0.15, -0.1) is 0 Å². The summed E-state index contributed by atoms with van der Waals surface area (Å²) in [5.41, 5.74) is 0. The molecule has 0 amide bonds. The molecule has 0 radical (unpaired) electrons. The molecule has 0 aliphatic heterocycles. The van der Waals surface area contributed by atoms with Crippen molar-refractivity contribution in [2.45, 2.75) is 62.6 Å². The van der Waals surface area contributed by atoms with Crippen molar-refractivity contribution >= 4 is 8.32 Å². The van der Waals surface area contributed by atoms with Crippen LogP contribution in [0.2, 0.25) is 19.6 Å². The zero-order chi connectivity index (χ0) is 18.7. The summed E-state index contributed by atoms with van der Waals surface area (Å²) in [5, 5.41) is 59.8. The normalized spacial score (nSPS) is 29.8. The van der Waals surface area contributed by atoms with Crippen LogP contribution < -0.4 is 0 Å². The third-order valence-electron chi connectivity index (χ3n) is 3.96. The van der Waals surface area contributed by atoms with Gasteiger partial charge in [-0.1, -0.05) is 12.2 Å². The fourth-order valence-corrected chi connectivity index (χ4v) is 3.83. The van der Waals surface area contributed by atoms with Crippen LogP contribution in [-0.4, -0.2) is 81.9 Å². The van der Waals surface area contributed by atoms with Crippen molar-refractivity contribution < 1.29 is 34.9 Å². The van der Waals surface area contributed by atoms with Crippen LogP contribution in [0.25, 0.3) is 0 Å². The van der Waals surface area contributed by atoms with Crippen LogP contribution in [0.4, 0.5) is 0 Å². The van der Waals surface area contributed by atoms with Gasteiger partial charge in [0.1, 0.15) is 24.4 Å². The molecule has 10 heteroatoms. The van der Waals surface area contributed by atoms with E-state index in [2.05, 4.69) is 0 Å². The van der Waals surface area contributed by atoms with Gasteiger partial charge in [-0.3, -0.25) is 10.1 Å². The molecule has 1 unspecified atom stereocenters. The molecule has 7 atom stereocenters. The number of nitro groups is 1. The number of nitrogens with zero attached hydrogens (tertiary/aromatic N) is 1. The molecule has 0 heterocycles. The minimum Gasteiger partial charge on any atom is -0.405 e. The molecule has 0 aromatic carbocycles. The molecule has 0 fully saturated rings. The van der Waals surface area contributed by atoms with Crippen LogP contribution in [0.1, 0.15) is 6.42 Å². The van der Waals surface area contributed by atoms with Gasteiger partial charge in [-0.05, 0) is 26.1 Å². The van der Waals surface area contributed by atoms with E-state index >= 15 is 0 Å². The van der Waals surface area contributed by atoms with Gasteiger partial charge < -0.3 is 30.0 Å². The Bertz CT molecular complexity index is 455. The largest absolute Gasteiger partial charge is 0.405 e. The van der Waals surface area contributed by atoms with E-state index in [0.29, 0.717) is 0 Å². The summed E-state index contributed by atoms with van der Waals surface area (Å²) in [6.45, 7) is 4.84. The Morgan fingerprint density at radius 2 is 1.83 bits per heavy atom. The Morgan fingerprint density at radius 1 is 1.25 bits per heavy atom. The molecule has 1 rings (SSSR count). The second-order valence-electron chi connectivity index (χ2n) is 7.02. The Balaban J connectivity index is 2.99. The predicted octanol–water partition coefficient (Wildman–Crippen LogP) is -1.14. The van der Waals surface area contributed by atoms with Crippen LogP contribution in [0.3, 0.4) is 0 Å². The lowest BCUT2D eigenvalue weighted by Gasteiger charge is -2.37. The molecular weight excluding hydrogens is 338 g/mol. The molecule has 1 aliphatic rings. The quantitative estimate of drug-likeness (QED) is 0.157. The first-order chi connectivity index (χ1) is 11.0. The molecule has 0 aromatic rings. The number of allylic oxidation sites excluding steroid dienone is 1. The summed E-state index contributed by atoms with van der Waals surface area (Å²) in [7, 11) is -2.09. The summed E-state index contributed by atoms with van der Waals surface area (Å²) in [6, 6.07) is -1.29. The van der Waals surface area contributed by atoms with Crippen molar-refractivity contribution in [3.05, 3.63) is 22.3 Å². The number of rotatable bonds is 8. The average Bonchev–Trinajstić information content (AvgIpc) is 2.49. The molecule has 140 valence electrons.